The van der Waals surface area contributed by atoms with Crippen LogP contribution in [0.25, 0.3) is 0 Å². The number of hydrogen-bond acceptors (Lipinski definition) is 4. The molecule has 5 nitrogen and oxygen atoms in total. The molecule has 0 amide bonds. The van der Waals surface area contributed by atoms with Crippen LogP contribution < -0.4 is 0 Å². The van der Waals surface area contributed by atoms with Crippen LogP contribution in [0, 0.1) is 15.9 Å². The molecule has 0 aromatic heterocycles. The van der Waals surface area contributed by atoms with Gasteiger partial charge in [0.2, 0.25) is 6.08 Å². The third kappa shape index (κ3) is 1.59. The van der Waals surface area contributed by atoms with Gasteiger partial charge >= 0.3 is 0 Å². The van der Waals surface area contributed by atoms with Gasteiger partial charge in [-0.3, -0.25) is 10.1 Å². The van der Waals surface area contributed by atoms with E-state index in [0.29, 0.717) is 12.8 Å². The number of benzene rings is 1. The monoisotopic (exact) mass is 222 g/mol. The number of halogens is 1. The standard InChI is InChI=1S/C10H7FN2O3/c11-7-1-2-9(13(15)16)8(5-7)10(3-4-10)12-6-14/h1-2,5H,3-4H2. The second-order valence-electron chi connectivity index (χ2n) is 3.65. The van der Waals surface area contributed by atoms with Crippen molar-refractivity contribution in [1.82, 2.24) is 0 Å². The van der Waals surface area contributed by atoms with Crippen LogP contribution in [0.15, 0.2) is 23.2 Å². The lowest BCUT2D eigenvalue weighted by Crippen LogP contribution is -2.07. The van der Waals surface area contributed by atoms with Crippen LogP contribution in [0.3, 0.4) is 0 Å². The van der Waals surface area contributed by atoms with Crippen molar-refractivity contribution < 1.29 is 14.1 Å². The Hall–Kier alpha value is -2.07. The zero-order valence-corrected chi connectivity index (χ0v) is 8.14. The Kier molecular flexibility index (Phi) is 2.29. The summed E-state index contributed by atoms with van der Waals surface area (Å²) in [6.07, 6.45) is 2.40. The summed E-state index contributed by atoms with van der Waals surface area (Å²) in [5.41, 5.74) is -0.981. The van der Waals surface area contributed by atoms with Crippen molar-refractivity contribution in [1.29, 1.82) is 0 Å². The summed E-state index contributed by atoms with van der Waals surface area (Å²) in [7, 11) is 0. The number of rotatable bonds is 3. The number of isocyanates is 1. The predicted octanol–water partition coefficient (Wildman–Crippen LogP) is 2.06. The summed E-state index contributed by atoms with van der Waals surface area (Å²) in [4.78, 5) is 23.9. The number of carbonyl (C=O) groups excluding carboxylic acids is 1. The quantitative estimate of drug-likeness (QED) is 0.340. The highest BCUT2D eigenvalue weighted by molar-refractivity contribution is 5.50. The van der Waals surface area contributed by atoms with E-state index in [9.17, 15) is 19.3 Å². The first kappa shape index (κ1) is 10.4. The summed E-state index contributed by atoms with van der Waals surface area (Å²) in [6, 6.07) is 3.17. The van der Waals surface area contributed by atoms with Crippen LogP contribution >= 0.6 is 0 Å². The molecule has 1 fully saturated rings. The van der Waals surface area contributed by atoms with E-state index in [0.717, 1.165) is 18.2 Å². The fourth-order valence-electron chi connectivity index (χ4n) is 1.69. The largest absolute Gasteiger partial charge is 0.275 e. The fourth-order valence-corrected chi connectivity index (χ4v) is 1.69. The van der Waals surface area contributed by atoms with Crippen LogP contribution in [-0.4, -0.2) is 11.0 Å². The van der Waals surface area contributed by atoms with E-state index in [4.69, 9.17) is 0 Å². The molecule has 2 rings (SSSR count). The van der Waals surface area contributed by atoms with Crippen LogP contribution in [0.1, 0.15) is 18.4 Å². The van der Waals surface area contributed by atoms with E-state index in [-0.39, 0.29) is 11.3 Å². The minimum absolute atomic E-state index is 0.154. The van der Waals surface area contributed by atoms with Crippen molar-refractivity contribution >= 4 is 11.8 Å². The zero-order valence-electron chi connectivity index (χ0n) is 8.14. The molecule has 1 aromatic rings. The Morgan fingerprint density at radius 2 is 2.19 bits per heavy atom. The van der Waals surface area contributed by atoms with Crippen molar-refractivity contribution in [3.05, 3.63) is 39.7 Å². The lowest BCUT2D eigenvalue weighted by molar-refractivity contribution is -0.385. The summed E-state index contributed by atoms with van der Waals surface area (Å²) in [5.74, 6) is -0.576. The molecule has 0 saturated heterocycles. The van der Waals surface area contributed by atoms with Crippen LogP contribution in [-0.2, 0) is 10.3 Å². The molecule has 82 valence electrons. The van der Waals surface area contributed by atoms with E-state index in [1.165, 1.54) is 6.08 Å². The van der Waals surface area contributed by atoms with E-state index in [2.05, 4.69) is 4.99 Å². The van der Waals surface area contributed by atoms with Gasteiger partial charge in [-0.05, 0) is 25.0 Å². The maximum Gasteiger partial charge on any atom is 0.275 e. The summed E-state index contributed by atoms with van der Waals surface area (Å²) in [6.45, 7) is 0. The van der Waals surface area contributed by atoms with Gasteiger partial charge in [0.05, 0.1) is 10.5 Å². The maximum atomic E-state index is 13.0. The van der Waals surface area contributed by atoms with Crippen LogP contribution in [0.4, 0.5) is 10.1 Å². The fraction of sp³-hybridized carbons (Fsp3) is 0.300. The van der Waals surface area contributed by atoms with Gasteiger partial charge in [0, 0.05) is 6.07 Å². The second-order valence-corrected chi connectivity index (χ2v) is 3.65. The molecule has 0 heterocycles. The molecule has 1 aromatic carbocycles. The number of nitrogens with zero attached hydrogens (tertiary/aromatic N) is 2. The van der Waals surface area contributed by atoms with Gasteiger partial charge in [0.15, 0.2) is 0 Å². The molecule has 0 bridgehead atoms. The van der Waals surface area contributed by atoms with Crippen molar-refractivity contribution in [2.75, 3.05) is 0 Å². The number of hydrogen-bond donors (Lipinski definition) is 0. The average Bonchev–Trinajstić information content (AvgIpc) is 2.99. The van der Waals surface area contributed by atoms with Crippen molar-refractivity contribution in [3.63, 3.8) is 0 Å². The Balaban J connectivity index is 2.58. The molecule has 0 radical (unpaired) electrons. The SMILES string of the molecule is O=C=NC1(c2cc(F)ccc2[N+](=O)[O-])CC1. The molecule has 0 spiro atoms. The molecule has 1 saturated carbocycles. The number of aliphatic imine (C=N–C) groups is 1. The summed E-state index contributed by atoms with van der Waals surface area (Å²) < 4.78 is 13.0. The summed E-state index contributed by atoms with van der Waals surface area (Å²) in [5, 5.41) is 10.8. The van der Waals surface area contributed by atoms with E-state index in [1.54, 1.807) is 0 Å². The predicted molar refractivity (Wildman–Crippen MR) is 52.1 cm³/mol. The van der Waals surface area contributed by atoms with Gasteiger partial charge < -0.3 is 0 Å². The minimum atomic E-state index is -0.924. The van der Waals surface area contributed by atoms with Crippen molar-refractivity contribution in [2.45, 2.75) is 18.4 Å². The first-order chi connectivity index (χ1) is 7.59. The maximum absolute atomic E-state index is 13.0. The smallest absolute Gasteiger partial charge is 0.258 e. The summed E-state index contributed by atoms with van der Waals surface area (Å²) >= 11 is 0. The van der Waals surface area contributed by atoms with E-state index in [1.807, 2.05) is 0 Å². The molecule has 0 atom stereocenters. The minimum Gasteiger partial charge on any atom is -0.258 e. The Bertz CT molecular complexity index is 505. The molecular weight excluding hydrogens is 215 g/mol. The third-order valence-corrected chi connectivity index (χ3v) is 2.64. The zero-order chi connectivity index (χ0) is 11.8. The highest BCUT2D eigenvalue weighted by Gasteiger charge is 2.49. The van der Waals surface area contributed by atoms with E-state index < -0.39 is 16.3 Å². The molecule has 1 aliphatic rings. The van der Waals surface area contributed by atoms with E-state index >= 15 is 0 Å². The topological polar surface area (TPSA) is 72.6 Å². The van der Waals surface area contributed by atoms with Gasteiger partial charge in [0.1, 0.15) is 11.4 Å². The molecule has 16 heavy (non-hydrogen) atoms. The first-order valence-corrected chi connectivity index (χ1v) is 4.62. The van der Waals surface area contributed by atoms with Crippen LogP contribution in [0.5, 0.6) is 0 Å². The Labute approximate surface area is 89.8 Å². The van der Waals surface area contributed by atoms with Crippen LogP contribution in [0.2, 0.25) is 0 Å². The van der Waals surface area contributed by atoms with Gasteiger partial charge in [0.25, 0.3) is 5.69 Å². The average molecular weight is 222 g/mol. The third-order valence-electron chi connectivity index (χ3n) is 2.64. The molecule has 6 heteroatoms. The lowest BCUT2D eigenvalue weighted by atomic mass is 10.0. The number of nitro groups is 1. The second kappa shape index (κ2) is 3.50. The normalized spacial score (nSPS) is 16.3. The molecule has 0 N–H and O–H groups in total. The van der Waals surface area contributed by atoms with Gasteiger partial charge in [-0.15, -0.1) is 0 Å². The highest BCUT2D eigenvalue weighted by Crippen LogP contribution is 2.52. The van der Waals surface area contributed by atoms with Gasteiger partial charge in [-0.2, -0.15) is 4.99 Å². The highest BCUT2D eigenvalue weighted by atomic mass is 19.1. The number of nitro benzene ring substituents is 1. The van der Waals surface area contributed by atoms with Gasteiger partial charge in [-0.1, -0.05) is 0 Å². The molecule has 0 aliphatic heterocycles. The molecule has 0 unspecified atom stereocenters. The lowest BCUT2D eigenvalue weighted by Gasteiger charge is -2.08. The van der Waals surface area contributed by atoms with Gasteiger partial charge in [-0.25, -0.2) is 9.18 Å². The first-order valence-electron chi connectivity index (χ1n) is 4.62. The van der Waals surface area contributed by atoms with Crippen molar-refractivity contribution in [3.8, 4) is 0 Å². The molecule has 1 aliphatic carbocycles. The van der Waals surface area contributed by atoms with Crippen molar-refractivity contribution in [2.24, 2.45) is 4.99 Å². The Morgan fingerprint density at radius 3 is 2.69 bits per heavy atom. The Morgan fingerprint density at radius 1 is 1.50 bits per heavy atom. The molecular formula is C10H7FN2O3.